The van der Waals surface area contributed by atoms with Crippen molar-refractivity contribution in [1.29, 1.82) is 0 Å². The van der Waals surface area contributed by atoms with Crippen LogP contribution in [0.5, 0.6) is 0 Å². The summed E-state index contributed by atoms with van der Waals surface area (Å²) in [4.78, 5) is 64.9. The van der Waals surface area contributed by atoms with Crippen LogP contribution >= 0.6 is 0 Å². The number of carboxylic acids is 1. The molecule has 0 radical (unpaired) electrons. The van der Waals surface area contributed by atoms with E-state index in [1.807, 2.05) is 20.8 Å². The van der Waals surface area contributed by atoms with Crippen LogP contribution in [0.4, 0.5) is 0 Å². The van der Waals surface area contributed by atoms with Gasteiger partial charge in [0, 0.05) is 31.6 Å². The Balaban J connectivity index is 1.53. The van der Waals surface area contributed by atoms with Gasteiger partial charge in [-0.25, -0.2) is 4.79 Å². The number of hydrogen-bond donors (Lipinski definition) is 4. The minimum absolute atomic E-state index is 0.113. The van der Waals surface area contributed by atoms with Crippen molar-refractivity contribution in [3.05, 3.63) is 35.9 Å². The van der Waals surface area contributed by atoms with Crippen molar-refractivity contribution in [3.8, 4) is 0 Å². The largest absolute Gasteiger partial charge is 0.480 e. The average Bonchev–Trinajstić information content (AvgIpc) is 2.93. The Labute approximate surface area is 235 Å². The first-order valence-corrected chi connectivity index (χ1v) is 14.0. The molecule has 1 aromatic rings. The molecule has 0 saturated carbocycles. The van der Waals surface area contributed by atoms with E-state index in [2.05, 4.69) is 16.0 Å². The first-order valence-electron chi connectivity index (χ1n) is 14.0. The lowest BCUT2D eigenvalue weighted by Crippen LogP contribution is -2.51. The van der Waals surface area contributed by atoms with E-state index in [4.69, 9.17) is 4.74 Å². The van der Waals surface area contributed by atoms with Crippen molar-refractivity contribution < 1.29 is 33.8 Å². The Hall–Kier alpha value is -3.47. The molecule has 0 bridgehead atoms. The number of likely N-dealkylation sites (tertiary alicyclic amines) is 1. The zero-order valence-electron chi connectivity index (χ0n) is 23.7. The molecule has 3 amide bonds. The molecular weight excluding hydrogens is 516 g/mol. The summed E-state index contributed by atoms with van der Waals surface area (Å²) in [5.41, 5.74) is -1.01. The van der Waals surface area contributed by atoms with Crippen LogP contribution < -0.4 is 16.0 Å². The number of amides is 3. The molecule has 11 heteroatoms. The quantitative estimate of drug-likeness (QED) is 0.317. The topological polar surface area (TPSA) is 154 Å². The van der Waals surface area contributed by atoms with E-state index in [0.717, 1.165) is 0 Å². The summed E-state index contributed by atoms with van der Waals surface area (Å²) in [6.45, 7) is 7.34. The summed E-state index contributed by atoms with van der Waals surface area (Å²) in [6, 6.07) is 6.93. The number of esters is 1. The van der Waals surface area contributed by atoms with Crippen molar-refractivity contribution >= 4 is 29.7 Å². The second-order valence-corrected chi connectivity index (χ2v) is 11.7. The Morgan fingerprint density at radius 2 is 1.80 bits per heavy atom. The predicted molar refractivity (Wildman–Crippen MR) is 147 cm³/mol. The third-order valence-electron chi connectivity index (χ3n) is 7.47. The van der Waals surface area contributed by atoms with Crippen LogP contribution in [0, 0.1) is 11.3 Å². The summed E-state index contributed by atoms with van der Waals surface area (Å²) < 4.78 is 5.71. The Kier molecular flexibility index (Phi) is 10.7. The van der Waals surface area contributed by atoms with Crippen molar-refractivity contribution in [2.75, 3.05) is 32.7 Å². The van der Waals surface area contributed by atoms with E-state index in [0.29, 0.717) is 57.3 Å². The Morgan fingerprint density at radius 1 is 1.12 bits per heavy atom. The highest BCUT2D eigenvalue weighted by atomic mass is 16.6. The highest BCUT2D eigenvalue weighted by molar-refractivity contribution is 5.96. The van der Waals surface area contributed by atoms with Gasteiger partial charge in [0.05, 0.1) is 11.3 Å². The molecule has 1 unspecified atom stereocenters. The average molecular weight is 559 g/mol. The smallest absolute Gasteiger partial charge is 0.328 e. The minimum Gasteiger partial charge on any atom is -0.480 e. The lowest BCUT2D eigenvalue weighted by atomic mass is 9.75. The van der Waals surface area contributed by atoms with Crippen molar-refractivity contribution in [1.82, 2.24) is 20.9 Å². The first kappa shape index (κ1) is 31.1. The molecule has 220 valence electrons. The first-order chi connectivity index (χ1) is 18.9. The molecule has 2 heterocycles. The molecule has 2 saturated heterocycles. The third-order valence-corrected chi connectivity index (χ3v) is 7.47. The summed E-state index contributed by atoms with van der Waals surface area (Å²) in [5.74, 6) is -3.04. The number of carbonyl (C=O) groups is 5. The van der Waals surface area contributed by atoms with E-state index in [-0.39, 0.29) is 37.3 Å². The number of piperidine rings is 2. The number of ether oxygens (including phenoxy) is 1. The number of rotatable bonds is 10. The van der Waals surface area contributed by atoms with Crippen LogP contribution in [0.25, 0.3) is 0 Å². The molecule has 1 aromatic carbocycles. The van der Waals surface area contributed by atoms with Crippen molar-refractivity contribution in [2.45, 2.75) is 70.9 Å². The van der Waals surface area contributed by atoms with Gasteiger partial charge in [-0.2, -0.15) is 0 Å². The molecule has 0 spiro atoms. The zero-order valence-corrected chi connectivity index (χ0v) is 23.7. The van der Waals surface area contributed by atoms with Crippen LogP contribution in [0.3, 0.4) is 0 Å². The lowest BCUT2D eigenvalue weighted by molar-refractivity contribution is -0.170. The van der Waals surface area contributed by atoms with Gasteiger partial charge in [0.25, 0.3) is 5.91 Å². The van der Waals surface area contributed by atoms with Crippen LogP contribution in [-0.4, -0.2) is 84.0 Å². The SMILES string of the molecule is CC(C)(C)OC(=O)C1(CCC(=O)N2CCC[C@@H](C(=O)NCC(NC(=O)c3ccccc3)C(=O)O)C2)CCNCC1. The van der Waals surface area contributed by atoms with E-state index in [1.54, 1.807) is 35.2 Å². The second kappa shape index (κ2) is 13.7. The number of benzene rings is 1. The maximum absolute atomic E-state index is 13.2. The molecule has 4 N–H and O–H groups in total. The molecule has 3 rings (SSSR count). The predicted octanol–water partition coefficient (Wildman–Crippen LogP) is 1.72. The van der Waals surface area contributed by atoms with Gasteiger partial charge >= 0.3 is 11.9 Å². The van der Waals surface area contributed by atoms with Gasteiger partial charge in [-0.05, 0) is 78.1 Å². The van der Waals surface area contributed by atoms with Gasteiger partial charge < -0.3 is 30.7 Å². The fourth-order valence-corrected chi connectivity index (χ4v) is 5.15. The summed E-state index contributed by atoms with van der Waals surface area (Å²) in [6.07, 6.45) is 2.98. The molecular formula is C29H42N4O7. The third kappa shape index (κ3) is 8.77. The van der Waals surface area contributed by atoms with Crippen molar-refractivity contribution in [2.24, 2.45) is 11.3 Å². The second-order valence-electron chi connectivity index (χ2n) is 11.7. The lowest BCUT2D eigenvalue weighted by Gasteiger charge is -2.38. The van der Waals surface area contributed by atoms with Gasteiger partial charge in [0.1, 0.15) is 11.6 Å². The Bertz CT molecular complexity index is 1060. The Morgan fingerprint density at radius 3 is 2.42 bits per heavy atom. The number of hydrogen-bond acceptors (Lipinski definition) is 7. The number of carbonyl (C=O) groups excluding carboxylic acids is 4. The molecule has 2 aliphatic rings. The number of aliphatic carboxylic acids is 1. The van der Waals surface area contributed by atoms with E-state index >= 15 is 0 Å². The normalized spacial score (nSPS) is 19.7. The van der Waals surface area contributed by atoms with E-state index in [1.165, 1.54) is 0 Å². The van der Waals surface area contributed by atoms with Gasteiger partial charge in [-0.3, -0.25) is 19.2 Å². The summed E-state index contributed by atoms with van der Waals surface area (Å²) in [7, 11) is 0. The molecule has 2 atom stereocenters. The van der Waals surface area contributed by atoms with Crippen molar-refractivity contribution in [3.63, 3.8) is 0 Å². The minimum atomic E-state index is -1.30. The van der Waals surface area contributed by atoms with Gasteiger partial charge in [0.15, 0.2) is 0 Å². The molecule has 2 fully saturated rings. The highest BCUT2D eigenvalue weighted by Crippen LogP contribution is 2.37. The molecule has 0 aliphatic carbocycles. The van der Waals surface area contributed by atoms with Gasteiger partial charge in [-0.1, -0.05) is 18.2 Å². The maximum atomic E-state index is 13.2. The number of carboxylic acid groups (broad SMARTS) is 1. The molecule has 0 aromatic heterocycles. The van der Waals surface area contributed by atoms with Crippen LogP contribution in [-0.2, 0) is 23.9 Å². The van der Waals surface area contributed by atoms with Crippen LogP contribution in [0.2, 0.25) is 0 Å². The van der Waals surface area contributed by atoms with E-state index in [9.17, 15) is 29.1 Å². The van der Waals surface area contributed by atoms with E-state index < -0.39 is 34.9 Å². The highest BCUT2D eigenvalue weighted by Gasteiger charge is 2.43. The zero-order chi connectivity index (χ0) is 29.3. The molecule has 40 heavy (non-hydrogen) atoms. The number of nitrogens with zero attached hydrogens (tertiary/aromatic N) is 1. The fourth-order valence-electron chi connectivity index (χ4n) is 5.15. The van der Waals surface area contributed by atoms with Crippen LogP contribution in [0.15, 0.2) is 30.3 Å². The standard InChI is InChI=1S/C29H42N4O7/c1-28(2,3)40-27(39)29(13-15-30-16-14-29)12-11-23(34)33-17-7-10-21(19-33)24(35)31-18-22(26(37)38)32-25(36)20-8-5-4-6-9-20/h4-6,8-9,21-22,30H,7,10-19H2,1-3H3,(H,31,35)(H,32,36)(H,37,38)/t21-,22?/m1/s1. The fraction of sp³-hybridized carbons (Fsp3) is 0.621. The maximum Gasteiger partial charge on any atom is 0.328 e. The molecule has 2 aliphatic heterocycles. The monoisotopic (exact) mass is 558 g/mol. The van der Waals surface area contributed by atoms with Crippen LogP contribution in [0.1, 0.15) is 69.7 Å². The van der Waals surface area contributed by atoms with Gasteiger partial charge in [0.2, 0.25) is 11.8 Å². The number of nitrogens with one attached hydrogen (secondary N) is 3. The summed E-state index contributed by atoms with van der Waals surface area (Å²) in [5, 5.41) is 17.9. The van der Waals surface area contributed by atoms with Gasteiger partial charge in [-0.15, -0.1) is 0 Å². The summed E-state index contributed by atoms with van der Waals surface area (Å²) >= 11 is 0. The molecule has 11 nitrogen and oxygen atoms in total.